The minimum Gasteiger partial charge on any atom is -0.345 e. The van der Waals surface area contributed by atoms with Crippen molar-refractivity contribution < 1.29 is 27.6 Å². The molecule has 2 amide bonds. The second-order valence-corrected chi connectivity index (χ2v) is 5.10. The van der Waals surface area contributed by atoms with Crippen molar-refractivity contribution in [3.8, 4) is 0 Å². The number of ketones is 1. The maximum Gasteiger partial charge on any atom is 0.405 e. The minimum atomic E-state index is -4.54. The predicted octanol–water partition coefficient (Wildman–Crippen LogP) is 1.66. The Balaban J connectivity index is 2.15. The van der Waals surface area contributed by atoms with Gasteiger partial charge in [0.1, 0.15) is 13.1 Å². The molecule has 21 heavy (non-hydrogen) atoms. The van der Waals surface area contributed by atoms with Crippen molar-refractivity contribution in [3.05, 3.63) is 28.2 Å². The second-order valence-electron chi connectivity index (χ2n) is 4.25. The van der Waals surface area contributed by atoms with E-state index in [1.54, 1.807) is 17.4 Å². The van der Waals surface area contributed by atoms with Crippen molar-refractivity contribution in [3.63, 3.8) is 0 Å². The van der Waals surface area contributed by atoms with E-state index >= 15 is 0 Å². The highest BCUT2D eigenvalue weighted by molar-refractivity contribution is 9.10. The quantitative estimate of drug-likeness (QED) is 0.829. The summed E-state index contributed by atoms with van der Waals surface area (Å²) in [6.07, 6.45) is -4.54. The van der Waals surface area contributed by atoms with Crippen LogP contribution in [0.1, 0.15) is 10.4 Å². The molecule has 2 rings (SSSR count). The first-order valence-electron chi connectivity index (χ1n) is 5.69. The number of alkyl halides is 3. The Bertz CT molecular complexity index is 631. The Morgan fingerprint density at radius 1 is 1.29 bits per heavy atom. The van der Waals surface area contributed by atoms with Crippen LogP contribution in [-0.2, 0) is 9.59 Å². The van der Waals surface area contributed by atoms with Crippen molar-refractivity contribution in [1.29, 1.82) is 0 Å². The van der Waals surface area contributed by atoms with Crippen LogP contribution < -0.4 is 10.2 Å². The fraction of sp³-hybridized carbons (Fsp3) is 0.250. The lowest BCUT2D eigenvalue weighted by Gasteiger charge is -2.16. The fourth-order valence-corrected chi connectivity index (χ4v) is 2.39. The number of nitrogens with one attached hydrogen (secondary N) is 1. The zero-order chi connectivity index (χ0) is 15.8. The summed E-state index contributed by atoms with van der Waals surface area (Å²) in [7, 11) is 0. The van der Waals surface area contributed by atoms with E-state index in [1.807, 2.05) is 0 Å². The Hall–Kier alpha value is -1.90. The number of hydrogen-bond acceptors (Lipinski definition) is 3. The summed E-state index contributed by atoms with van der Waals surface area (Å²) in [6.45, 7) is -2.14. The standard InChI is InChI=1S/C12H8BrF3N2O3/c13-6-2-1-3-7-9(6)10(20)11(21)18(7)4-8(19)17-5-12(14,15)16/h1-3H,4-5H2,(H,17,19). The highest BCUT2D eigenvalue weighted by atomic mass is 79.9. The molecule has 5 nitrogen and oxygen atoms in total. The number of rotatable bonds is 3. The Kier molecular flexibility index (Phi) is 4.04. The topological polar surface area (TPSA) is 66.5 Å². The van der Waals surface area contributed by atoms with E-state index in [9.17, 15) is 27.6 Å². The monoisotopic (exact) mass is 364 g/mol. The highest BCUT2D eigenvalue weighted by Gasteiger charge is 2.38. The average Bonchev–Trinajstić information content (AvgIpc) is 2.62. The van der Waals surface area contributed by atoms with Crippen molar-refractivity contribution in [1.82, 2.24) is 5.32 Å². The van der Waals surface area contributed by atoms with Crippen LogP contribution >= 0.6 is 15.9 Å². The lowest BCUT2D eigenvalue weighted by Crippen LogP contribution is -2.43. The molecule has 0 unspecified atom stereocenters. The zero-order valence-electron chi connectivity index (χ0n) is 10.3. The molecule has 1 heterocycles. The molecule has 0 aliphatic carbocycles. The van der Waals surface area contributed by atoms with Gasteiger partial charge in [0.15, 0.2) is 0 Å². The van der Waals surface area contributed by atoms with Gasteiger partial charge in [0, 0.05) is 4.47 Å². The molecule has 1 aliphatic rings. The van der Waals surface area contributed by atoms with Gasteiger partial charge in [-0.2, -0.15) is 13.2 Å². The SMILES string of the molecule is O=C(CN1C(=O)C(=O)c2c(Br)cccc21)NCC(F)(F)F. The highest BCUT2D eigenvalue weighted by Crippen LogP contribution is 2.33. The summed E-state index contributed by atoms with van der Waals surface area (Å²) in [5.41, 5.74) is 0.299. The van der Waals surface area contributed by atoms with Crippen LogP contribution in [-0.4, -0.2) is 36.9 Å². The number of Topliss-reactive ketones (excluding diaryl/α,β-unsaturated/α-hetero) is 1. The van der Waals surface area contributed by atoms with Crippen molar-refractivity contribution in [2.75, 3.05) is 18.0 Å². The molecule has 0 radical (unpaired) electrons. The maximum absolute atomic E-state index is 12.0. The van der Waals surface area contributed by atoms with E-state index in [0.717, 1.165) is 4.90 Å². The molecule has 9 heteroatoms. The number of fused-ring (bicyclic) bond motifs is 1. The lowest BCUT2D eigenvalue weighted by molar-refractivity contribution is -0.137. The number of carbonyl (C=O) groups excluding carboxylic acids is 3. The first kappa shape index (κ1) is 15.5. The Morgan fingerprint density at radius 3 is 2.57 bits per heavy atom. The van der Waals surface area contributed by atoms with E-state index < -0.39 is 36.9 Å². The molecular weight excluding hydrogens is 357 g/mol. The molecule has 0 bridgehead atoms. The van der Waals surface area contributed by atoms with Crippen LogP contribution in [0.2, 0.25) is 0 Å². The molecule has 0 aromatic heterocycles. The first-order chi connectivity index (χ1) is 9.70. The molecule has 1 aromatic rings. The fourth-order valence-electron chi connectivity index (χ4n) is 1.86. The predicted molar refractivity (Wildman–Crippen MR) is 69.9 cm³/mol. The number of nitrogens with zero attached hydrogens (tertiary/aromatic N) is 1. The third-order valence-corrected chi connectivity index (χ3v) is 3.40. The van der Waals surface area contributed by atoms with E-state index in [-0.39, 0.29) is 11.3 Å². The summed E-state index contributed by atoms with van der Waals surface area (Å²) >= 11 is 3.12. The Labute approximate surface area is 125 Å². The van der Waals surface area contributed by atoms with E-state index in [1.165, 1.54) is 6.07 Å². The number of carbonyl (C=O) groups is 3. The van der Waals surface area contributed by atoms with E-state index in [4.69, 9.17) is 0 Å². The Morgan fingerprint density at radius 2 is 1.95 bits per heavy atom. The van der Waals surface area contributed by atoms with Gasteiger partial charge in [0.05, 0.1) is 11.3 Å². The molecule has 1 aromatic carbocycles. The number of hydrogen-bond donors (Lipinski definition) is 1. The molecule has 0 saturated carbocycles. The molecule has 0 fully saturated rings. The molecule has 0 saturated heterocycles. The summed E-state index contributed by atoms with van der Waals surface area (Å²) in [5, 5.41) is 1.65. The number of halogens is 4. The van der Waals surface area contributed by atoms with Gasteiger partial charge in [0.25, 0.3) is 11.7 Å². The largest absolute Gasteiger partial charge is 0.405 e. The molecule has 112 valence electrons. The number of amides is 2. The van der Waals surface area contributed by atoms with Crippen LogP contribution in [0.15, 0.2) is 22.7 Å². The third-order valence-electron chi connectivity index (χ3n) is 2.74. The van der Waals surface area contributed by atoms with Gasteiger partial charge in [-0.05, 0) is 28.1 Å². The van der Waals surface area contributed by atoms with Crippen LogP contribution in [0.4, 0.5) is 18.9 Å². The maximum atomic E-state index is 12.0. The summed E-state index contributed by atoms with van der Waals surface area (Å²) in [5.74, 6) is -2.75. The lowest BCUT2D eigenvalue weighted by atomic mass is 10.1. The smallest absolute Gasteiger partial charge is 0.345 e. The van der Waals surface area contributed by atoms with Gasteiger partial charge in [-0.15, -0.1) is 0 Å². The van der Waals surface area contributed by atoms with Crippen LogP contribution in [0.5, 0.6) is 0 Å². The molecular formula is C12H8BrF3N2O3. The van der Waals surface area contributed by atoms with Crippen LogP contribution in [0, 0.1) is 0 Å². The third kappa shape index (κ3) is 3.23. The summed E-state index contributed by atoms with van der Waals surface area (Å²) in [6, 6.07) is 4.55. The van der Waals surface area contributed by atoms with Crippen LogP contribution in [0.3, 0.4) is 0 Å². The van der Waals surface area contributed by atoms with E-state index in [0.29, 0.717) is 4.47 Å². The summed E-state index contributed by atoms with van der Waals surface area (Å²) < 4.78 is 36.4. The van der Waals surface area contributed by atoms with Crippen molar-refractivity contribution in [2.24, 2.45) is 0 Å². The van der Waals surface area contributed by atoms with Gasteiger partial charge < -0.3 is 5.32 Å². The van der Waals surface area contributed by atoms with Gasteiger partial charge >= 0.3 is 6.18 Å². The normalized spacial score (nSPS) is 14.4. The van der Waals surface area contributed by atoms with Crippen LogP contribution in [0.25, 0.3) is 0 Å². The number of anilines is 1. The van der Waals surface area contributed by atoms with Gasteiger partial charge in [0.2, 0.25) is 5.91 Å². The second kappa shape index (κ2) is 5.47. The van der Waals surface area contributed by atoms with E-state index in [2.05, 4.69) is 15.9 Å². The first-order valence-corrected chi connectivity index (χ1v) is 6.48. The molecule has 0 atom stereocenters. The van der Waals surface area contributed by atoms with Crippen molar-refractivity contribution in [2.45, 2.75) is 6.18 Å². The molecule has 1 aliphatic heterocycles. The summed E-state index contributed by atoms with van der Waals surface area (Å²) in [4.78, 5) is 35.9. The number of benzene rings is 1. The van der Waals surface area contributed by atoms with Gasteiger partial charge in [-0.25, -0.2) is 0 Å². The minimum absolute atomic E-state index is 0.103. The average molecular weight is 365 g/mol. The van der Waals surface area contributed by atoms with Gasteiger partial charge in [-0.1, -0.05) is 6.07 Å². The van der Waals surface area contributed by atoms with Crippen molar-refractivity contribution >= 4 is 39.2 Å². The molecule has 0 spiro atoms. The zero-order valence-corrected chi connectivity index (χ0v) is 11.9. The van der Waals surface area contributed by atoms with Gasteiger partial charge in [-0.3, -0.25) is 19.3 Å². The molecule has 1 N–H and O–H groups in total.